The van der Waals surface area contributed by atoms with Crippen molar-refractivity contribution in [2.75, 3.05) is 0 Å². The van der Waals surface area contributed by atoms with Gasteiger partial charge in [-0.3, -0.25) is 4.79 Å². The summed E-state index contributed by atoms with van der Waals surface area (Å²) < 4.78 is 0. The van der Waals surface area contributed by atoms with E-state index < -0.39 is 11.9 Å². The lowest BCUT2D eigenvalue weighted by Gasteiger charge is -2.25. The number of carbonyl (C=O) groups is 1. The van der Waals surface area contributed by atoms with E-state index in [9.17, 15) is 4.79 Å². The highest BCUT2D eigenvalue weighted by Gasteiger charge is 2.25. The van der Waals surface area contributed by atoms with Gasteiger partial charge in [0, 0.05) is 6.21 Å². The highest BCUT2D eigenvalue weighted by molar-refractivity contribution is 5.87. The maximum atomic E-state index is 10.7. The van der Waals surface area contributed by atoms with Crippen molar-refractivity contribution in [1.29, 1.82) is 5.41 Å². The summed E-state index contributed by atoms with van der Waals surface area (Å²) in [4.78, 5) is 10.7. The summed E-state index contributed by atoms with van der Waals surface area (Å²) in [6.07, 6.45) is 3.64. The topological polar surface area (TPSA) is 61.2 Å². The normalized spacial score (nSPS) is 13.8. The summed E-state index contributed by atoms with van der Waals surface area (Å²) in [6.45, 7) is 6.19. The number of hydrogen-bond donors (Lipinski definition) is 2. The molecule has 13 heavy (non-hydrogen) atoms. The van der Waals surface area contributed by atoms with Gasteiger partial charge in [-0.1, -0.05) is 27.2 Å². The van der Waals surface area contributed by atoms with Crippen molar-refractivity contribution in [3.63, 3.8) is 0 Å². The van der Waals surface area contributed by atoms with Crippen molar-refractivity contribution in [3.05, 3.63) is 0 Å². The van der Waals surface area contributed by atoms with Crippen LogP contribution in [0, 0.1) is 16.7 Å². The van der Waals surface area contributed by atoms with Gasteiger partial charge in [0.1, 0.15) is 0 Å². The minimum Gasteiger partial charge on any atom is -0.481 e. The van der Waals surface area contributed by atoms with Gasteiger partial charge < -0.3 is 10.5 Å². The van der Waals surface area contributed by atoms with Crippen LogP contribution in [-0.4, -0.2) is 17.3 Å². The molecule has 0 aromatic carbocycles. The quantitative estimate of drug-likeness (QED) is 0.625. The highest BCUT2D eigenvalue weighted by atomic mass is 16.4. The molecule has 0 heterocycles. The van der Waals surface area contributed by atoms with Gasteiger partial charge in [0.05, 0.1) is 5.92 Å². The van der Waals surface area contributed by atoms with Crippen LogP contribution in [0.2, 0.25) is 0 Å². The summed E-state index contributed by atoms with van der Waals surface area (Å²) in [7, 11) is 0. The zero-order chi connectivity index (χ0) is 10.5. The molecule has 0 rings (SSSR count). The van der Waals surface area contributed by atoms with Gasteiger partial charge >= 0.3 is 5.97 Å². The lowest BCUT2D eigenvalue weighted by atomic mass is 9.79. The molecule has 1 unspecified atom stereocenters. The first-order chi connectivity index (χ1) is 5.93. The Morgan fingerprint density at radius 2 is 2.15 bits per heavy atom. The lowest BCUT2D eigenvalue weighted by Crippen LogP contribution is -2.23. The highest BCUT2D eigenvalue weighted by Crippen LogP contribution is 2.29. The fourth-order valence-electron chi connectivity index (χ4n) is 1.59. The maximum absolute atomic E-state index is 10.7. The summed E-state index contributed by atoms with van der Waals surface area (Å²) in [6, 6.07) is 0. The van der Waals surface area contributed by atoms with Crippen LogP contribution in [0.15, 0.2) is 0 Å². The molecule has 0 amide bonds. The van der Waals surface area contributed by atoms with Crippen LogP contribution in [0.3, 0.4) is 0 Å². The summed E-state index contributed by atoms with van der Waals surface area (Å²) in [5, 5.41) is 15.8. The standard InChI is InChI=1S/C10H19NO2/c1-4-5-10(2,3)6-8(7-11)9(12)13/h7-8,11H,4-6H2,1-3H3,(H,12,13). The minimum absolute atomic E-state index is 0.0232. The summed E-state index contributed by atoms with van der Waals surface area (Å²) >= 11 is 0. The molecule has 76 valence electrons. The predicted octanol–water partition coefficient (Wildman–Crippen LogP) is 2.55. The fraction of sp³-hybridized carbons (Fsp3) is 0.800. The molecule has 1 atom stereocenters. The third kappa shape index (κ3) is 4.65. The smallest absolute Gasteiger partial charge is 0.311 e. The van der Waals surface area contributed by atoms with Gasteiger partial charge in [-0.15, -0.1) is 0 Å². The van der Waals surface area contributed by atoms with E-state index in [0.717, 1.165) is 19.1 Å². The molecule has 0 saturated carbocycles. The van der Waals surface area contributed by atoms with E-state index in [1.807, 2.05) is 0 Å². The summed E-state index contributed by atoms with van der Waals surface area (Å²) in [5.41, 5.74) is 0.0232. The first kappa shape index (κ1) is 12.1. The Labute approximate surface area is 79.7 Å². The van der Waals surface area contributed by atoms with E-state index in [1.165, 1.54) is 0 Å². The van der Waals surface area contributed by atoms with Gasteiger partial charge in [0.25, 0.3) is 0 Å². The first-order valence-electron chi connectivity index (χ1n) is 4.66. The molecule has 0 saturated heterocycles. The van der Waals surface area contributed by atoms with Crippen LogP contribution in [0.5, 0.6) is 0 Å². The first-order valence-corrected chi connectivity index (χ1v) is 4.66. The van der Waals surface area contributed by atoms with Crippen LogP contribution < -0.4 is 0 Å². The number of rotatable bonds is 6. The molecule has 0 aliphatic heterocycles. The molecular weight excluding hydrogens is 166 g/mol. The Hall–Kier alpha value is -0.860. The lowest BCUT2D eigenvalue weighted by molar-refractivity contribution is -0.140. The average Bonchev–Trinajstić information content (AvgIpc) is 1.99. The molecule has 2 N–H and O–H groups in total. The second-order valence-electron chi connectivity index (χ2n) is 4.23. The number of carboxylic acids is 1. The minimum atomic E-state index is -0.890. The molecule has 0 radical (unpaired) electrons. The van der Waals surface area contributed by atoms with Crippen LogP contribution in [0.1, 0.15) is 40.0 Å². The van der Waals surface area contributed by atoms with E-state index >= 15 is 0 Å². The van der Waals surface area contributed by atoms with Crippen molar-refractivity contribution in [2.24, 2.45) is 11.3 Å². The second kappa shape index (κ2) is 5.00. The van der Waals surface area contributed by atoms with Crippen molar-refractivity contribution < 1.29 is 9.90 Å². The van der Waals surface area contributed by atoms with E-state index in [1.54, 1.807) is 0 Å². The number of hydrogen-bond acceptors (Lipinski definition) is 2. The largest absolute Gasteiger partial charge is 0.481 e. The van der Waals surface area contributed by atoms with Crippen LogP contribution >= 0.6 is 0 Å². The maximum Gasteiger partial charge on any atom is 0.311 e. The third-order valence-electron chi connectivity index (χ3n) is 2.22. The SMILES string of the molecule is CCCC(C)(C)CC(C=N)C(=O)O. The molecule has 0 fully saturated rings. The van der Waals surface area contributed by atoms with Crippen molar-refractivity contribution >= 4 is 12.2 Å². The third-order valence-corrected chi connectivity index (χ3v) is 2.22. The molecular formula is C10H19NO2. The Morgan fingerprint density at radius 1 is 1.62 bits per heavy atom. The zero-order valence-electron chi connectivity index (χ0n) is 8.63. The molecule has 0 spiro atoms. The van der Waals surface area contributed by atoms with Crippen molar-refractivity contribution in [2.45, 2.75) is 40.0 Å². The van der Waals surface area contributed by atoms with E-state index in [2.05, 4.69) is 20.8 Å². The second-order valence-corrected chi connectivity index (χ2v) is 4.23. The Balaban J connectivity index is 4.21. The van der Waals surface area contributed by atoms with Gasteiger partial charge in [-0.2, -0.15) is 0 Å². The Bertz CT molecular complexity index is 187. The fourth-order valence-corrected chi connectivity index (χ4v) is 1.59. The molecule has 3 nitrogen and oxygen atoms in total. The van der Waals surface area contributed by atoms with Crippen molar-refractivity contribution in [1.82, 2.24) is 0 Å². The molecule has 0 aliphatic carbocycles. The molecule has 0 aliphatic rings. The van der Waals surface area contributed by atoms with Crippen LogP contribution in [0.4, 0.5) is 0 Å². The Morgan fingerprint density at radius 3 is 2.46 bits per heavy atom. The van der Waals surface area contributed by atoms with Crippen molar-refractivity contribution in [3.8, 4) is 0 Å². The molecule has 0 bridgehead atoms. The zero-order valence-corrected chi connectivity index (χ0v) is 8.63. The predicted molar refractivity (Wildman–Crippen MR) is 53.2 cm³/mol. The Kier molecular flexibility index (Phi) is 4.67. The number of aliphatic carboxylic acids is 1. The van der Waals surface area contributed by atoms with Gasteiger partial charge in [0.15, 0.2) is 0 Å². The number of carboxylic acid groups (broad SMARTS) is 1. The van der Waals surface area contributed by atoms with Gasteiger partial charge in [-0.05, 0) is 18.3 Å². The van der Waals surface area contributed by atoms with Gasteiger partial charge in [-0.25, -0.2) is 0 Å². The van der Waals surface area contributed by atoms with E-state index in [4.69, 9.17) is 10.5 Å². The van der Waals surface area contributed by atoms with E-state index in [-0.39, 0.29) is 5.41 Å². The van der Waals surface area contributed by atoms with Crippen LogP contribution in [-0.2, 0) is 4.79 Å². The molecule has 0 aromatic heterocycles. The average molecular weight is 185 g/mol. The van der Waals surface area contributed by atoms with Crippen LogP contribution in [0.25, 0.3) is 0 Å². The summed E-state index contributed by atoms with van der Waals surface area (Å²) in [5.74, 6) is -1.51. The number of nitrogens with one attached hydrogen (secondary N) is 1. The molecule has 0 aromatic rings. The van der Waals surface area contributed by atoms with Gasteiger partial charge in [0.2, 0.25) is 0 Å². The van der Waals surface area contributed by atoms with E-state index in [0.29, 0.717) is 6.42 Å². The molecule has 3 heteroatoms. The monoisotopic (exact) mass is 185 g/mol.